The molecule has 1 aliphatic heterocycles. The Balaban J connectivity index is 1.26. The van der Waals surface area contributed by atoms with Crippen LogP contribution in [-0.2, 0) is 0 Å². The predicted octanol–water partition coefficient (Wildman–Crippen LogP) is 6.38. The molecule has 1 atom stereocenters. The second kappa shape index (κ2) is 11.3. The van der Waals surface area contributed by atoms with Crippen LogP contribution >= 0.6 is 22.9 Å². The summed E-state index contributed by atoms with van der Waals surface area (Å²) in [5.41, 5.74) is 10.0. The number of aromatic nitrogens is 3. The molecule has 4 heterocycles. The monoisotopic (exact) mass is 573 g/mol. The van der Waals surface area contributed by atoms with E-state index >= 15 is 0 Å². The summed E-state index contributed by atoms with van der Waals surface area (Å²) in [6.45, 7) is 3.74. The smallest absolute Gasteiger partial charge is 0.262 e. The van der Waals surface area contributed by atoms with Crippen LogP contribution in [0.1, 0.15) is 41.1 Å². The molecular formula is C30H28ClN5O3S. The van der Waals surface area contributed by atoms with Crippen LogP contribution in [0.25, 0.3) is 33.0 Å². The van der Waals surface area contributed by atoms with E-state index < -0.39 is 12.0 Å². The molecule has 0 spiro atoms. The number of imidazole rings is 1. The zero-order valence-corrected chi connectivity index (χ0v) is 23.4. The van der Waals surface area contributed by atoms with Crippen LogP contribution in [0.2, 0.25) is 5.02 Å². The van der Waals surface area contributed by atoms with Gasteiger partial charge in [-0.2, -0.15) is 0 Å². The van der Waals surface area contributed by atoms with Crippen LogP contribution in [0.3, 0.4) is 0 Å². The van der Waals surface area contributed by atoms with Crippen LogP contribution in [0, 0.1) is 0 Å². The molecule has 0 radical (unpaired) electrons. The summed E-state index contributed by atoms with van der Waals surface area (Å²) in [6.07, 6.45) is 3.29. The number of carbonyl (C=O) groups is 1. The number of piperidine rings is 1. The first kappa shape index (κ1) is 26.3. The number of benzene rings is 2. The molecule has 6 rings (SSSR count). The maximum atomic E-state index is 12.4. The minimum absolute atomic E-state index is 0.120. The molecule has 10 heteroatoms. The topological polar surface area (TPSA) is 115 Å². The Labute approximate surface area is 240 Å². The highest BCUT2D eigenvalue weighted by Gasteiger charge is 2.23. The first-order chi connectivity index (χ1) is 19.5. The lowest BCUT2D eigenvalue weighted by Crippen LogP contribution is -2.34. The molecule has 1 amide bonds. The molecule has 1 aliphatic rings. The lowest BCUT2D eigenvalue weighted by atomic mass is 10.1. The van der Waals surface area contributed by atoms with Crippen molar-refractivity contribution in [2.75, 3.05) is 13.1 Å². The number of amides is 1. The van der Waals surface area contributed by atoms with Gasteiger partial charge in [-0.15, -0.1) is 11.3 Å². The molecule has 1 saturated heterocycles. The number of nitrogens with zero attached hydrogens (tertiary/aromatic N) is 2. The number of nitrogens with two attached hydrogens (primary N) is 1. The Morgan fingerprint density at radius 2 is 1.95 bits per heavy atom. The van der Waals surface area contributed by atoms with Crippen LogP contribution < -0.4 is 20.5 Å². The van der Waals surface area contributed by atoms with Crippen LogP contribution in [0.15, 0.2) is 66.9 Å². The van der Waals surface area contributed by atoms with Crippen molar-refractivity contribution in [3.63, 3.8) is 0 Å². The molecule has 3 aromatic heterocycles. The summed E-state index contributed by atoms with van der Waals surface area (Å²) in [7, 11) is 0. The standard InChI is InChI=1S/C30H28ClN5O3S/c1-17(20-5-4-7-24(27(20)31)39-19-10-13-33-14-11-19)38-25-16-26(40-28(25)29(32)37)30-35-22-9-8-18(15-23(22)36-30)21-6-2-3-12-34-21/h2-9,12,15-17,19,33H,10-11,13-14H2,1H3,(H2,32,37)(H,35,36)/t17-/m1/s1. The van der Waals surface area contributed by atoms with Crippen molar-refractivity contribution in [1.29, 1.82) is 0 Å². The molecule has 0 aliphatic carbocycles. The first-order valence-corrected chi connectivity index (χ1v) is 14.3. The minimum Gasteiger partial charge on any atom is -0.489 e. The predicted molar refractivity (Wildman–Crippen MR) is 158 cm³/mol. The number of hydrogen-bond donors (Lipinski definition) is 3. The molecule has 4 N–H and O–H groups in total. The molecule has 8 nitrogen and oxygen atoms in total. The van der Waals surface area contributed by atoms with Gasteiger partial charge in [0.15, 0.2) is 0 Å². The third-order valence-electron chi connectivity index (χ3n) is 6.91. The molecule has 0 bridgehead atoms. The summed E-state index contributed by atoms with van der Waals surface area (Å²) < 4.78 is 12.5. The highest BCUT2D eigenvalue weighted by molar-refractivity contribution is 7.17. The summed E-state index contributed by atoms with van der Waals surface area (Å²) in [4.78, 5) is 26.0. The number of rotatable bonds is 8. The maximum Gasteiger partial charge on any atom is 0.262 e. The van der Waals surface area contributed by atoms with E-state index in [2.05, 4.69) is 15.3 Å². The zero-order chi connectivity index (χ0) is 27.6. The fraction of sp³-hybridized carbons (Fsp3) is 0.233. The number of thiophene rings is 1. The van der Waals surface area contributed by atoms with E-state index in [1.807, 2.05) is 61.5 Å². The quantitative estimate of drug-likeness (QED) is 0.198. The molecule has 2 aromatic carbocycles. The average Bonchev–Trinajstić information content (AvgIpc) is 3.59. The third-order valence-corrected chi connectivity index (χ3v) is 8.46. The number of aromatic amines is 1. The second-order valence-corrected chi connectivity index (χ2v) is 11.1. The number of carbonyl (C=O) groups excluding carboxylic acids is 1. The van der Waals surface area contributed by atoms with Gasteiger partial charge in [0.05, 0.1) is 26.6 Å². The van der Waals surface area contributed by atoms with E-state index in [1.165, 1.54) is 11.3 Å². The van der Waals surface area contributed by atoms with E-state index in [1.54, 1.807) is 12.3 Å². The highest BCUT2D eigenvalue weighted by Crippen LogP contribution is 2.40. The largest absolute Gasteiger partial charge is 0.489 e. The number of halogens is 1. The SMILES string of the molecule is C[C@@H](Oc1cc(-c2nc3cc(-c4ccccn4)ccc3[nH]2)sc1C(N)=O)c1cccc(OC2CCNCC2)c1Cl. The van der Waals surface area contributed by atoms with Gasteiger partial charge in [0.2, 0.25) is 0 Å². The van der Waals surface area contributed by atoms with Crippen LogP contribution in [-0.4, -0.2) is 40.1 Å². The van der Waals surface area contributed by atoms with Gasteiger partial charge in [-0.25, -0.2) is 4.98 Å². The molecule has 0 unspecified atom stereocenters. The van der Waals surface area contributed by atoms with Gasteiger partial charge in [-0.3, -0.25) is 9.78 Å². The van der Waals surface area contributed by atoms with Gasteiger partial charge >= 0.3 is 0 Å². The van der Waals surface area contributed by atoms with Crippen molar-refractivity contribution >= 4 is 39.9 Å². The Morgan fingerprint density at radius 1 is 1.10 bits per heavy atom. The fourth-order valence-corrected chi connectivity index (χ4v) is 6.06. The molecule has 40 heavy (non-hydrogen) atoms. The number of H-pyrrole nitrogens is 1. The fourth-order valence-electron chi connectivity index (χ4n) is 4.85. The molecule has 5 aromatic rings. The lowest BCUT2D eigenvalue weighted by molar-refractivity contribution is 0.0998. The lowest BCUT2D eigenvalue weighted by Gasteiger charge is -2.25. The Bertz CT molecular complexity index is 1660. The van der Waals surface area contributed by atoms with E-state index in [4.69, 9.17) is 31.8 Å². The molecule has 0 saturated carbocycles. The number of pyridine rings is 1. The highest BCUT2D eigenvalue weighted by atomic mass is 35.5. The number of nitrogens with one attached hydrogen (secondary N) is 2. The average molecular weight is 574 g/mol. The van der Waals surface area contributed by atoms with Crippen molar-refractivity contribution in [2.45, 2.75) is 32.0 Å². The van der Waals surface area contributed by atoms with Gasteiger partial charge in [-0.1, -0.05) is 35.9 Å². The van der Waals surface area contributed by atoms with E-state index in [0.29, 0.717) is 27.2 Å². The Morgan fingerprint density at radius 3 is 2.73 bits per heavy atom. The summed E-state index contributed by atoms with van der Waals surface area (Å²) in [6, 6.07) is 19.2. The van der Waals surface area contributed by atoms with Crippen LogP contribution in [0.5, 0.6) is 11.5 Å². The van der Waals surface area contributed by atoms with Gasteiger partial charge in [0.1, 0.15) is 34.4 Å². The second-order valence-electron chi connectivity index (χ2n) is 9.69. The van der Waals surface area contributed by atoms with Crippen molar-refractivity contribution in [3.05, 3.63) is 82.3 Å². The van der Waals surface area contributed by atoms with Gasteiger partial charge in [0.25, 0.3) is 5.91 Å². The minimum atomic E-state index is -0.568. The van der Waals surface area contributed by atoms with E-state index in [9.17, 15) is 4.79 Å². The zero-order valence-electron chi connectivity index (χ0n) is 21.8. The van der Waals surface area contributed by atoms with Crippen molar-refractivity contribution in [1.82, 2.24) is 20.3 Å². The Kier molecular flexibility index (Phi) is 7.42. The van der Waals surface area contributed by atoms with Gasteiger partial charge < -0.3 is 25.5 Å². The number of hydrogen-bond acceptors (Lipinski definition) is 7. The van der Waals surface area contributed by atoms with Crippen molar-refractivity contribution in [2.24, 2.45) is 5.73 Å². The summed E-state index contributed by atoms with van der Waals surface area (Å²) in [5, 5.41) is 3.84. The molecular weight excluding hydrogens is 546 g/mol. The summed E-state index contributed by atoms with van der Waals surface area (Å²) in [5.74, 6) is 1.07. The van der Waals surface area contributed by atoms with Gasteiger partial charge in [-0.05, 0) is 63.2 Å². The first-order valence-electron chi connectivity index (χ1n) is 13.1. The van der Waals surface area contributed by atoms with Crippen molar-refractivity contribution in [3.8, 4) is 33.5 Å². The van der Waals surface area contributed by atoms with Gasteiger partial charge in [0, 0.05) is 23.4 Å². The number of primary amides is 1. The summed E-state index contributed by atoms with van der Waals surface area (Å²) >= 11 is 8.00. The maximum absolute atomic E-state index is 12.4. The van der Waals surface area contributed by atoms with E-state index in [0.717, 1.165) is 58.7 Å². The van der Waals surface area contributed by atoms with Crippen LogP contribution in [0.4, 0.5) is 0 Å². The number of ether oxygens (including phenoxy) is 2. The van der Waals surface area contributed by atoms with E-state index in [-0.39, 0.29) is 6.10 Å². The third kappa shape index (κ3) is 5.40. The molecule has 204 valence electrons. The normalized spacial score (nSPS) is 14.8. The van der Waals surface area contributed by atoms with Crippen molar-refractivity contribution < 1.29 is 14.3 Å². The Hall–Kier alpha value is -3.92. The molecule has 1 fully saturated rings. The number of fused-ring (bicyclic) bond motifs is 1.